The summed E-state index contributed by atoms with van der Waals surface area (Å²) < 4.78 is 35.5. The van der Waals surface area contributed by atoms with E-state index in [1.165, 1.54) is 18.2 Å². The van der Waals surface area contributed by atoms with Gasteiger partial charge in [0.15, 0.2) is 11.5 Å². The molecule has 0 heterocycles. The van der Waals surface area contributed by atoms with Gasteiger partial charge in [0.05, 0.1) is 18.8 Å². The summed E-state index contributed by atoms with van der Waals surface area (Å²) in [6.07, 6.45) is -4.67. The second-order valence-corrected chi connectivity index (χ2v) is 8.69. The van der Waals surface area contributed by atoms with Crippen LogP contribution >= 0.6 is 0 Å². The molecule has 0 unspecified atom stereocenters. The number of rotatable bonds is 12. The Morgan fingerprint density at radius 1 is 0.757 bits per heavy atom. The van der Waals surface area contributed by atoms with Crippen LogP contribution in [0.25, 0.3) is 0 Å². The fourth-order valence-corrected chi connectivity index (χ4v) is 2.63. The summed E-state index contributed by atoms with van der Waals surface area (Å²) in [6, 6.07) is 3.18. The number of nitrogens with two attached hydrogens (primary N) is 1. The minimum Gasteiger partial charge on any atom is -0.458 e. The van der Waals surface area contributed by atoms with Crippen LogP contribution < -0.4 is 15.2 Å². The van der Waals surface area contributed by atoms with Crippen LogP contribution in [0.3, 0.4) is 0 Å². The topological polar surface area (TPSA) is 159 Å². The Morgan fingerprint density at radius 3 is 1.84 bits per heavy atom. The van der Waals surface area contributed by atoms with Crippen molar-refractivity contribution in [1.82, 2.24) is 0 Å². The highest BCUT2D eigenvalue weighted by Crippen LogP contribution is 2.30. The molecule has 1 aromatic carbocycles. The molecule has 0 saturated heterocycles. The molecule has 1 rings (SSSR count). The molecular formula is C25H37NO11. The van der Waals surface area contributed by atoms with E-state index in [2.05, 4.69) is 0 Å². The lowest BCUT2D eigenvalue weighted by atomic mass is 10.1. The summed E-state index contributed by atoms with van der Waals surface area (Å²) in [4.78, 5) is 48.1. The Labute approximate surface area is 216 Å². The molecule has 0 fully saturated rings. The molecule has 37 heavy (non-hydrogen) atoms. The van der Waals surface area contributed by atoms with Gasteiger partial charge in [-0.1, -0.05) is 13.0 Å². The largest absolute Gasteiger partial charge is 0.514 e. The van der Waals surface area contributed by atoms with Gasteiger partial charge >= 0.3 is 24.4 Å². The molecule has 0 amide bonds. The number of hydrogen-bond acceptors (Lipinski definition) is 12. The van der Waals surface area contributed by atoms with E-state index in [0.29, 0.717) is 12.0 Å². The van der Waals surface area contributed by atoms with Crippen LogP contribution in [0.2, 0.25) is 0 Å². The van der Waals surface area contributed by atoms with Crippen LogP contribution in [0.4, 0.5) is 14.4 Å². The van der Waals surface area contributed by atoms with Gasteiger partial charge in [0, 0.05) is 0 Å². The van der Waals surface area contributed by atoms with Crippen molar-refractivity contribution in [3.05, 3.63) is 23.8 Å². The normalized spacial score (nSPS) is 13.2. The second kappa shape index (κ2) is 15.5. The highest BCUT2D eigenvalue weighted by Gasteiger charge is 2.25. The van der Waals surface area contributed by atoms with Crippen molar-refractivity contribution < 1.29 is 52.3 Å². The van der Waals surface area contributed by atoms with Gasteiger partial charge in [-0.15, -0.1) is 0 Å². The maximum absolute atomic E-state index is 12.5. The van der Waals surface area contributed by atoms with Crippen LogP contribution in [0.15, 0.2) is 18.2 Å². The summed E-state index contributed by atoms with van der Waals surface area (Å²) >= 11 is 0. The van der Waals surface area contributed by atoms with E-state index in [9.17, 15) is 19.2 Å². The minimum absolute atomic E-state index is 0.00829. The van der Waals surface area contributed by atoms with Gasteiger partial charge in [-0.05, 0) is 72.1 Å². The molecule has 2 N–H and O–H groups in total. The van der Waals surface area contributed by atoms with E-state index in [-0.39, 0.29) is 24.5 Å². The van der Waals surface area contributed by atoms with Crippen LogP contribution in [0.5, 0.6) is 11.5 Å². The Kier molecular flexibility index (Phi) is 13.2. The molecule has 0 radical (unpaired) electrons. The minimum atomic E-state index is -1.10. The third-order valence-electron chi connectivity index (χ3n) is 4.49. The number of ether oxygens (including phenoxy) is 7. The average molecular weight is 528 g/mol. The van der Waals surface area contributed by atoms with Crippen LogP contribution in [0, 0.1) is 0 Å². The molecule has 3 atom stereocenters. The van der Waals surface area contributed by atoms with Gasteiger partial charge in [-0.2, -0.15) is 0 Å². The van der Waals surface area contributed by atoms with E-state index in [1.54, 1.807) is 41.5 Å². The number of benzene rings is 1. The predicted molar refractivity (Wildman–Crippen MR) is 130 cm³/mol. The predicted octanol–water partition coefficient (Wildman–Crippen LogP) is 4.29. The maximum atomic E-state index is 12.5. The Morgan fingerprint density at radius 2 is 1.30 bits per heavy atom. The summed E-state index contributed by atoms with van der Waals surface area (Å²) in [7, 11) is 0. The van der Waals surface area contributed by atoms with Gasteiger partial charge < -0.3 is 38.9 Å². The molecule has 0 saturated carbocycles. The lowest BCUT2D eigenvalue weighted by molar-refractivity contribution is -0.155. The van der Waals surface area contributed by atoms with Crippen molar-refractivity contribution in [2.45, 2.75) is 91.8 Å². The average Bonchev–Trinajstić information content (AvgIpc) is 2.78. The fraction of sp³-hybridized carbons (Fsp3) is 0.600. The summed E-state index contributed by atoms with van der Waals surface area (Å²) in [5.41, 5.74) is 6.48. The van der Waals surface area contributed by atoms with Gasteiger partial charge in [-0.25, -0.2) is 14.4 Å². The molecule has 0 bridgehead atoms. The monoisotopic (exact) mass is 527 g/mol. The van der Waals surface area contributed by atoms with E-state index < -0.39 is 54.9 Å². The highest BCUT2D eigenvalue weighted by molar-refractivity contribution is 5.76. The van der Waals surface area contributed by atoms with Crippen LogP contribution in [-0.4, -0.2) is 61.5 Å². The van der Waals surface area contributed by atoms with Gasteiger partial charge in [-0.3, -0.25) is 4.79 Å². The Hall–Kier alpha value is -3.54. The number of esters is 1. The summed E-state index contributed by atoms with van der Waals surface area (Å²) in [5, 5.41) is 0. The van der Waals surface area contributed by atoms with Gasteiger partial charge in [0.2, 0.25) is 0 Å². The zero-order chi connectivity index (χ0) is 28.1. The Bertz CT molecular complexity index is 916. The lowest BCUT2D eigenvalue weighted by Crippen LogP contribution is -2.39. The van der Waals surface area contributed by atoms with Crippen molar-refractivity contribution >= 4 is 24.4 Å². The molecule has 208 valence electrons. The fourth-order valence-electron chi connectivity index (χ4n) is 2.63. The van der Waals surface area contributed by atoms with E-state index in [0.717, 1.165) is 0 Å². The zero-order valence-corrected chi connectivity index (χ0v) is 22.3. The first-order valence-corrected chi connectivity index (χ1v) is 12.0. The first kappa shape index (κ1) is 31.5. The quantitative estimate of drug-likeness (QED) is 0.234. The lowest BCUT2D eigenvalue weighted by Gasteiger charge is -2.22. The van der Waals surface area contributed by atoms with E-state index in [1.807, 2.05) is 6.92 Å². The third-order valence-corrected chi connectivity index (χ3v) is 4.49. The smallest absolute Gasteiger partial charge is 0.458 e. The van der Waals surface area contributed by atoms with Gasteiger partial charge in [0.25, 0.3) is 0 Å². The van der Waals surface area contributed by atoms with Crippen molar-refractivity contribution in [2.75, 3.05) is 6.61 Å². The molecule has 0 aromatic heterocycles. The molecule has 1 aromatic rings. The first-order chi connectivity index (χ1) is 17.3. The van der Waals surface area contributed by atoms with Crippen LogP contribution in [0.1, 0.15) is 60.5 Å². The van der Waals surface area contributed by atoms with Crippen molar-refractivity contribution in [3.63, 3.8) is 0 Å². The number of carbonyl (C=O) groups excluding carboxylic acids is 4. The summed E-state index contributed by atoms with van der Waals surface area (Å²) in [5.74, 6) is -0.974. The van der Waals surface area contributed by atoms with Crippen molar-refractivity contribution in [3.8, 4) is 11.5 Å². The molecule has 0 spiro atoms. The highest BCUT2D eigenvalue weighted by atomic mass is 16.8. The molecule has 0 aliphatic rings. The SMILES string of the molecule is CCCOC(=O)O[C@@H](C)[C@H](C)OC(=O)[C@@H](N)Cc1ccc(OC(=O)OC(C)C)c(OC(=O)OC(C)C)c1. The molecule has 0 aliphatic heterocycles. The first-order valence-electron chi connectivity index (χ1n) is 12.0. The standard InChI is InChI=1S/C25H37NO11/c1-8-11-31-23(28)35-17(7)16(6)34-22(27)19(26)12-18-9-10-20(36-24(29)32-14(2)3)21(13-18)37-25(30)33-15(4)5/h9-10,13-17,19H,8,11-12,26H2,1-7H3/t16-,17-,19-/m0/s1. The number of hydrogen-bond donors (Lipinski definition) is 1. The zero-order valence-electron chi connectivity index (χ0n) is 22.3. The van der Waals surface area contributed by atoms with E-state index >= 15 is 0 Å². The third kappa shape index (κ3) is 12.3. The van der Waals surface area contributed by atoms with E-state index in [4.69, 9.17) is 38.9 Å². The Balaban J connectivity index is 2.89. The maximum Gasteiger partial charge on any atom is 0.514 e. The summed E-state index contributed by atoms with van der Waals surface area (Å²) in [6.45, 7) is 11.7. The number of carbonyl (C=O) groups is 4. The molecular weight excluding hydrogens is 490 g/mol. The van der Waals surface area contributed by atoms with Crippen LogP contribution in [-0.2, 0) is 34.9 Å². The molecule has 12 nitrogen and oxygen atoms in total. The second-order valence-electron chi connectivity index (χ2n) is 8.69. The molecule has 0 aliphatic carbocycles. The van der Waals surface area contributed by atoms with Crippen molar-refractivity contribution in [1.29, 1.82) is 0 Å². The van der Waals surface area contributed by atoms with Crippen molar-refractivity contribution in [2.24, 2.45) is 5.73 Å². The molecule has 12 heteroatoms. The van der Waals surface area contributed by atoms with Gasteiger partial charge in [0.1, 0.15) is 18.2 Å².